The first-order valence-corrected chi connectivity index (χ1v) is 12.8. The van der Waals surface area contributed by atoms with E-state index in [4.69, 9.17) is 9.47 Å². The topological polar surface area (TPSA) is 51.1 Å². The molecule has 5 nitrogen and oxygen atoms in total. The van der Waals surface area contributed by atoms with Crippen molar-refractivity contribution >= 4 is 16.7 Å². The lowest BCUT2D eigenvalue weighted by atomic mass is 10.0. The van der Waals surface area contributed by atoms with Gasteiger partial charge in [-0.2, -0.15) is 0 Å². The summed E-state index contributed by atoms with van der Waals surface area (Å²) in [5.41, 5.74) is 6.85. The molecule has 6 heteroatoms. The SMILES string of the molecule is C=C/C(=C\N=C(C)c1ccc(CCCOc2ccc3c(c2)CCN(S(C)=O)C3)cc1)COC. The molecule has 0 saturated carbocycles. The van der Waals surface area contributed by atoms with Gasteiger partial charge >= 0.3 is 0 Å². The van der Waals surface area contributed by atoms with Crippen molar-refractivity contribution in [2.24, 2.45) is 4.99 Å². The number of ether oxygens (including phenoxy) is 2. The molecule has 0 radical (unpaired) electrons. The molecule has 0 bridgehead atoms. The number of methoxy groups -OCH3 is 1. The standard InChI is InChI=1S/C27H34N2O3S/c1-5-22(20-31-3)18-28-21(2)24-10-8-23(9-11-24)7-6-16-32-27-13-12-26-19-29(33(4)30)15-14-25(26)17-27/h5,8-13,17-18H,1,6-7,14-16,19-20H2,2-4H3/b22-18+,28-21?. The number of rotatable bonds is 11. The summed E-state index contributed by atoms with van der Waals surface area (Å²) in [7, 11) is 0.749. The summed E-state index contributed by atoms with van der Waals surface area (Å²) in [5.74, 6) is 0.919. The van der Waals surface area contributed by atoms with Crippen LogP contribution in [-0.2, 0) is 35.1 Å². The molecule has 0 aromatic heterocycles. The maximum atomic E-state index is 11.7. The summed E-state index contributed by atoms with van der Waals surface area (Å²) in [6, 6.07) is 14.8. The van der Waals surface area contributed by atoms with Crippen LogP contribution in [0.3, 0.4) is 0 Å². The summed E-state index contributed by atoms with van der Waals surface area (Å²) in [4.78, 5) is 4.53. The Labute approximate surface area is 200 Å². The monoisotopic (exact) mass is 466 g/mol. The number of aryl methyl sites for hydroxylation is 1. The fourth-order valence-corrected chi connectivity index (χ4v) is 4.43. The minimum absolute atomic E-state index is 0.506. The number of hydrogen-bond acceptors (Lipinski definition) is 4. The summed E-state index contributed by atoms with van der Waals surface area (Å²) in [6.45, 7) is 8.56. The van der Waals surface area contributed by atoms with Crippen molar-refractivity contribution in [3.63, 3.8) is 0 Å². The highest BCUT2D eigenvalue weighted by Crippen LogP contribution is 2.24. The minimum atomic E-state index is -0.913. The van der Waals surface area contributed by atoms with Crippen LogP contribution < -0.4 is 4.74 Å². The van der Waals surface area contributed by atoms with Crippen LogP contribution in [0, 0.1) is 0 Å². The predicted molar refractivity (Wildman–Crippen MR) is 137 cm³/mol. The lowest BCUT2D eigenvalue weighted by Gasteiger charge is -2.26. The lowest BCUT2D eigenvalue weighted by molar-refractivity contribution is 0.228. The average molecular weight is 467 g/mol. The van der Waals surface area contributed by atoms with Crippen molar-refractivity contribution in [3.05, 3.63) is 89.1 Å². The van der Waals surface area contributed by atoms with E-state index in [-0.39, 0.29) is 0 Å². The molecule has 1 aliphatic heterocycles. The molecule has 3 rings (SSSR count). The molecule has 0 fully saturated rings. The van der Waals surface area contributed by atoms with Crippen LogP contribution in [0.4, 0.5) is 0 Å². The van der Waals surface area contributed by atoms with E-state index in [2.05, 4.69) is 48.0 Å². The van der Waals surface area contributed by atoms with Gasteiger partial charge in [0.15, 0.2) is 0 Å². The third-order valence-electron chi connectivity index (χ3n) is 5.77. The van der Waals surface area contributed by atoms with Gasteiger partial charge in [0.2, 0.25) is 0 Å². The lowest BCUT2D eigenvalue weighted by Crippen LogP contribution is -2.31. The van der Waals surface area contributed by atoms with Gasteiger partial charge in [-0.1, -0.05) is 43.0 Å². The number of nitrogens with zero attached hydrogens (tertiary/aromatic N) is 2. The van der Waals surface area contributed by atoms with Crippen molar-refractivity contribution in [1.29, 1.82) is 0 Å². The highest BCUT2D eigenvalue weighted by atomic mass is 32.2. The molecule has 1 atom stereocenters. The average Bonchev–Trinajstić information content (AvgIpc) is 2.84. The molecule has 176 valence electrons. The molecule has 1 aliphatic rings. The predicted octanol–water partition coefficient (Wildman–Crippen LogP) is 4.88. The molecule has 2 aromatic carbocycles. The summed E-state index contributed by atoms with van der Waals surface area (Å²) in [6.07, 6.45) is 8.14. The largest absolute Gasteiger partial charge is 0.494 e. The van der Waals surface area contributed by atoms with Gasteiger partial charge in [-0.3, -0.25) is 4.99 Å². The Morgan fingerprint density at radius 1 is 1.21 bits per heavy atom. The second-order valence-corrected chi connectivity index (χ2v) is 9.54. The van der Waals surface area contributed by atoms with Crippen LogP contribution in [-0.4, -0.2) is 47.3 Å². The van der Waals surface area contributed by atoms with Crippen LogP contribution in [0.25, 0.3) is 0 Å². The Morgan fingerprint density at radius 3 is 2.70 bits per heavy atom. The van der Waals surface area contributed by atoms with Gasteiger partial charge in [0.1, 0.15) is 5.75 Å². The number of aliphatic imine (C=N–C) groups is 1. The Morgan fingerprint density at radius 2 is 2.00 bits per heavy atom. The molecule has 33 heavy (non-hydrogen) atoms. The van der Waals surface area contributed by atoms with E-state index in [1.165, 1.54) is 16.7 Å². The van der Waals surface area contributed by atoms with Crippen LogP contribution >= 0.6 is 0 Å². The number of hydrogen-bond donors (Lipinski definition) is 0. The second kappa shape index (κ2) is 12.6. The summed E-state index contributed by atoms with van der Waals surface area (Å²) < 4.78 is 24.8. The molecule has 0 aliphatic carbocycles. The molecule has 2 aromatic rings. The smallest absolute Gasteiger partial charge is 0.119 e. The van der Waals surface area contributed by atoms with Crippen LogP contribution in [0.2, 0.25) is 0 Å². The fraction of sp³-hybridized carbons (Fsp3) is 0.370. The van der Waals surface area contributed by atoms with E-state index in [1.54, 1.807) is 25.6 Å². The molecular formula is C27H34N2O3S. The van der Waals surface area contributed by atoms with Gasteiger partial charge in [-0.05, 0) is 66.1 Å². The van der Waals surface area contributed by atoms with Crippen molar-refractivity contribution in [2.75, 3.05) is 33.1 Å². The highest BCUT2D eigenvalue weighted by molar-refractivity contribution is 7.81. The van der Waals surface area contributed by atoms with Crippen molar-refractivity contribution in [2.45, 2.75) is 32.7 Å². The first-order valence-electron chi connectivity index (χ1n) is 11.3. The molecule has 1 heterocycles. The quantitative estimate of drug-likeness (QED) is 0.270. The second-order valence-electron chi connectivity index (χ2n) is 8.17. The fourth-order valence-electron chi connectivity index (χ4n) is 3.76. The third-order valence-corrected chi connectivity index (χ3v) is 6.80. The van der Waals surface area contributed by atoms with Crippen molar-refractivity contribution in [1.82, 2.24) is 4.31 Å². The van der Waals surface area contributed by atoms with Crippen molar-refractivity contribution < 1.29 is 13.7 Å². The molecule has 0 amide bonds. The highest BCUT2D eigenvalue weighted by Gasteiger charge is 2.18. The zero-order valence-electron chi connectivity index (χ0n) is 19.9. The third kappa shape index (κ3) is 7.49. The molecular weight excluding hydrogens is 432 g/mol. The maximum Gasteiger partial charge on any atom is 0.119 e. The van der Waals surface area contributed by atoms with Gasteiger partial charge in [-0.15, -0.1) is 0 Å². The Hall–Kier alpha value is -2.54. The number of fused-ring (bicyclic) bond motifs is 1. The van der Waals surface area contributed by atoms with E-state index in [0.717, 1.165) is 54.9 Å². The number of benzene rings is 2. The molecule has 0 saturated heterocycles. The van der Waals surface area contributed by atoms with Crippen LogP contribution in [0.1, 0.15) is 35.6 Å². The minimum Gasteiger partial charge on any atom is -0.494 e. The van der Waals surface area contributed by atoms with Gasteiger partial charge in [0.05, 0.1) is 24.2 Å². The van der Waals surface area contributed by atoms with Crippen LogP contribution in [0.15, 0.2) is 71.9 Å². The van der Waals surface area contributed by atoms with E-state index in [9.17, 15) is 4.21 Å². The zero-order valence-corrected chi connectivity index (χ0v) is 20.7. The van der Waals surface area contributed by atoms with Crippen molar-refractivity contribution in [3.8, 4) is 5.75 Å². The summed E-state index contributed by atoms with van der Waals surface area (Å²) in [5, 5.41) is 0. The van der Waals surface area contributed by atoms with Crippen LogP contribution in [0.5, 0.6) is 5.75 Å². The van der Waals surface area contributed by atoms with E-state index < -0.39 is 11.0 Å². The first-order chi connectivity index (χ1) is 16.0. The first kappa shape index (κ1) is 25.1. The molecule has 0 spiro atoms. The van der Waals surface area contributed by atoms with E-state index in [0.29, 0.717) is 13.2 Å². The maximum absolute atomic E-state index is 11.7. The Kier molecular flexibility index (Phi) is 9.61. The molecule has 1 unspecified atom stereocenters. The summed E-state index contributed by atoms with van der Waals surface area (Å²) >= 11 is 0. The van der Waals surface area contributed by atoms with E-state index in [1.807, 2.05) is 17.3 Å². The zero-order chi connectivity index (χ0) is 23.6. The Bertz CT molecular complexity index is 1030. The normalized spacial score (nSPS) is 15.7. The van der Waals surface area contributed by atoms with Gasteiger partial charge < -0.3 is 9.47 Å². The Balaban J connectivity index is 1.47. The van der Waals surface area contributed by atoms with Gasteiger partial charge in [0.25, 0.3) is 0 Å². The van der Waals surface area contributed by atoms with Gasteiger partial charge in [0, 0.05) is 38.4 Å². The molecule has 0 N–H and O–H groups in total. The van der Waals surface area contributed by atoms with E-state index >= 15 is 0 Å². The van der Waals surface area contributed by atoms with Gasteiger partial charge in [-0.25, -0.2) is 8.51 Å².